The van der Waals surface area contributed by atoms with Gasteiger partial charge in [-0.1, -0.05) is 230 Å². The van der Waals surface area contributed by atoms with Crippen LogP contribution in [0.4, 0.5) is 0 Å². The van der Waals surface area contributed by atoms with E-state index in [1.54, 1.807) is 0 Å². The van der Waals surface area contributed by atoms with Gasteiger partial charge in [0.15, 0.2) is 0 Å². The summed E-state index contributed by atoms with van der Waals surface area (Å²) in [6.07, 6.45) is 21.2. The number of hydrogen-bond acceptors (Lipinski definition) is 1. The van der Waals surface area contributed by atoms with E-state index in [9.17, 15) is 0 Å². The predicted molar refractivity (Wildman–Crippen MR) is 266 cm³/mol. The number of hydrogen-bond donors (Lipinski definition) is 1. The van der Waals surface area contributed by atoms with Crippen molar-refractivity contribution in [3.8, 4) is 0 Å². The topological polar surface area (TPSA) is 12.0 Å². The van der Waals surface area contributed by atoms with E-state index in [2.05, 4.69) is 136 Å². The number of rotatable bonds is 13. The second kappa shape index (κ2) is 98.3. The van der Waals surface area contributed by atoms with Crippen LogP contribution in [0.3, 0.4) is 0 Å². The van der Waals surface area contributed by atoms with Crippen molar-refractivity contribution in [3.63, 3.8) is 0 Å². The van der Waals surface area contributed by atoms with Gasteiger partial charge in [-0.25, -0.2) is 0 Å². The molecule has 0 aromatic heterocycles. The summed E-state index contributed by atoms with van der Waals surface area (Å²) >= 11 is 0. The highest BCUT2D eigenvalue weighted by Gasteiger charge is 2.13. The summed E-state index contributed by atoms with van der Waals surface area (Å²) in [4.78, 5) is 0. The first-order chi connectivity index (χ1) is 24.7. The molecule has 0 aliphatic heterocycles. The van der Waals surface area contributed by atoms with E-state index in [-0.39, 0.29) is 0 Å². The highest BCUT2D eigenvalue weighted by Crippen LogP contribution is 2.28. The maximum absolute atomic E-state index is 3.69. The Bertz CT molecular complexity index is 411. The fourth-order valence-corrected chi connectivity index (χ4v) is 3.38. The van der Waals surface area contributed by atoms with Gasteiger partial charge in [0.1, 0.15) is 0 Å². The van der Waals surface area contributed by atoms with Gasteiger partial charge in [-0.05, 0) is 87.6 Å². The van der Waals surface area contributed by atoms with Crippen molar-refractivity contribution in [2.75, 3.05) is 26.4 Å². The van der Waals surface area contributed by atoms with Crippen molar-refractivity contribution in [3.05, 3.63) is 25.3 Å². The number of nitrogens with one attached hydrogen (secondary N) is 1. The van der Waals surface area contributed by atoms with Crippen molar-refractivity contribution in [2.45, 2.75) is 243 Å². The van der Waals surface area contributed by atoms with Crippen LogP contribution in [-0.2, 0) is 0 Å². The molecule has 1 nitrogen and oxygen atoms in total. The van der Waals surface area contributed by atoms with E-state index in [1.807, 2.05) is 74.6 Å². The SMILES string of the molecule is C=CCC.C=CCCC(C)C(C)C.CC.CC.CC.CC.CCC.CCC(C)C.CCC(C)CC.CCC1CCC1.CCCNC.CPCC(C)C. The van der Waals surface area contributed by atoms with Crippen LogP contribution in [-0.4, -0.2) is 26.4 Å². The third-order valence-corrected chi connectivity index (χ3v) is 8.60. The zero-order valence-electron chi connectivity index (χ0n) is 42.9. The van der Waals surface area contributed by atoms with Crippen LogP contribution in [0.5, 0.6) is 0 Å². The first kappa shape index (κ1) is 80.4. The van der Waals surface area contributed by atoms with E-state index in [1.165, 1.54) is 76.8 Å². The molecule has 52 heavy (non-hydrogen) atoms. The van der Waals surface area contributed by atoms with Gasteiger partial charge in [-0.15, -0.1) is 21.7 Å². The second-order valence-corrected chi connectivity index (χ2v) is 14.6. The molecule has 0 saturated heterocycles. The summed E-state index contributed by atoms with van der Waals surface area (Å²) in [6, 6.07) is 0. The molecule has 0 amide bonds. The first-order valence-electron chi connectivity index (χ1n) is 23.2. The van der Waals surface area contributed by atoms with Crippen LogP contribution in [0.1, 0.15) is 243 Å². The van der Waals surface area contributed by atoms with Gasteiger partial charge >= 0.3 is 0 Å². The fourth-order valence-electron chi connectivity index (χ4n) is 2.56. The minimum absolute atomic E-state index is 0.824. The smallest absolute Gasteiger partial charge is 0.00546 e. The Morgan fingerprint density at radius 1 is 0.654 bits per heavy atom. The molecule has 1 fully saturated rings. The highest BCUT2D eigenvalue weighted by atomic mass is 31.1. The molecule has 1 rings (SSSR count). The van der Waals surface area contributed by atoms with Gasteiger partial charge in [-0.2, -0.15) is 0 Å². The summed E-state index contributed by atoms with van der Waals surface area (Å²) in [5, 5.41) is 3.02. The lowest BCUT2D eigenvalue weighted by Gasteiger charge is -2.22. The molecule has 0 spiro atoms. The van der Waals surface area contributed by atoms with Crippen molar-refractivity contribution in [1.82, 2.24) is 5.32 Å². The summed E-state index contributed by atoms with van der Waals surface area (Å²) in [5.74, 6) is 5.52. The van der Waals surface area contributed by atoms with Crippen molar-refractivity contribution < 1.29 is 0 Å². The van der Waals surface area contributed by atoms with E-state index in [0.29, 0.717) is 0 Å². The zero-order valence-corrected chi connectivity index (χ0v) is 43.9. The number of allylic oxidation sites excluding steroid dienone is 2. The lowest BCUT2D eigenvalue weighted by atomic mass is 9.84. The van der Waals surface area contributed by atoms with Crippen molar-refractivity contribution in [1.29, 1.82) is 0 Å². The summed E-state index contributed by atoms with van der Waals surface area (Å²) in [5.41, 5.74) is 0. The largest absolute Gasteiger partial charge is 0.320 e. The van der Waals surface area contributed by atoms with E-state index < -0.39 is 0 Å². The maximum atomic E-state index is 3.69. The third kappa shape index (κ3) is 153. The second-order valence-electron chi connectivity index (χ2n) is 13.5. The molecule has 2 unspecified atom stereocenters. The molecular formula is C50H120NP. The van der Waals surface area contributed by atoms with Gasteiger partial charge < -0.3 is 5.32 Å². The fraction of sp³-hybridized carbons (Fsp3) is 0.920. The van der Waals surface area contributed by atoms with Crippen LogP contribution >= 0.6 is 8.58 Å². The summed E-state index contributed by atoms with van der Waals surface area (Å²) < 4.78 is 0. The molecule has 1 saturated carbocycles. The molecular weight excluding hydrogens is 646 g/mol. The Hall–Kier alpha value is -0.130. The van der Waals surface area contributed by atoms with Gasteiger partial charge in [0.05, 0.1) is 0 Å². The summed E-state index contributed by atoms with van der Waals surface area (Å²) in [6.45, 7) is 62.0. The molecule has 1 aliphatic rings. The molecule has 2 atom stereocenters. The van der Waals surface area contributed by atoms with Crippen molar-refractivity contribution in [2.24, 2.45) is 35.5 Å². The quantitative estimate of drug-likeness (QED) is 0.145. The Balaban J connectivity index is -0.0000000404. The van der Waals surface area contributed by atoms with Crippen LogP contribution in [0.25, 0.3) is 0 Å². The van der Waals surface area contributed by atoms with Crippen molar-refractivity contribution >= 4 is 8.58 Å². The molecule has 0 radical (unpaired) electrons. The van der Waals surface area contributed by atoms with Gasteiger partial charge in [0.25, 0.3) is 0 Å². The molecule has 0 bridgehead atoms. The normalized spacial score (nSPS) is 10.7. The molecule has 1 N–H and O–H groups in total. The van der Waals surface area contributed by atoms with E-state index in [4.69, 9.17) is 0 Å². The molecule has 2 heteroatoms. The minimum Gasteiger partial charge on any atom is -0.320 e. The van der Waals surface area contributed by atoms with Crippen LogP contribution in [0.15, 0.2) is 25.3 Å². The third-order valence-electron chi connectivity index (χ3n) is 7.38. The van der Waals surface area contributed by atoms with E-state index in [0.717, 1.165) is 57.1 Å². The van der Waals surface area contributed by atoms with Gasteiger partial charge in [0.2, 0.25) is 0 Å². The molecule has 0 heterocycles. The van der Waals surface area contributed by atoms with Gasteiger partial charge in [0, 0.05) is 0 Å². The molecule has 0 aromatic carbocycles. The molecule has 1 aliphatic carbocycles. The minimum atomic E-state index is 0.824. The van der Waals surface area contributed by atoms with Crippen LogP contribution in [0, 0.1) is 35.5 Å². The average Bonchev–Trinajstić information content (AvgIpc) is 3.15. The maximum Gasteiger partial charge on any atom is -0.00546 e. The monoisotopic (exact) mass is 766 g/mol. The molecule has 330 valence electrons. The lowest BCUT2D eigenvalue weighted by Crippen LogP contribution is -2.08. The van der Waals surface area contributed by atoms with E-state index >= 15 is 0 Å². The molecule has 0 aromatic rings. The first-order valence-corrected chi connectivity index (χ1v) is 24.9. The summed E-state index contributed by atoms with van der Waals surface area (Å²) in [7, 11) is 3.10. The van der Waals surface area contributed by atoms with Crippen LogP contribution < -0.4 is 5.32 Å². The Morgan fingerprint density at radius 2 is 1.02 bits per heavy atom. The standard InChI is InChI=1S/C9H18.C6H12.C6H14.C5H13P.C5H12.C4H11N.C4H8.C3H8.4C2H6/c1-5-6-7-9(4)8(2)3;1-2-6-4-3-5-6;1-4-6(3)5-2;1-5(2)4-6-3;1-4-5(2)3;1-3-4-5-2;1-3-4-2;1-3-2;4*1-2/h5,8-9H,1,6-7H2,2-4H3;6H,2-5H2,1H3;6H,4-5H2,1-3H3;5-6H,4H2,1-3H3;5H,4H2,1-3H3;5H,3-4H2,1-2H3;3H,1,4H2,2H3;3H2,1-2H3;4*1-2H3. The van der Waals surface area contributed by atoms with Gasteiger partial charge in [-0.3, -0.25) is 0 Å². The Kier molecular flexibility index (Phi) is 152. The zero-order chi connectivity index (χ0) is 44.2. The van der Waals surface area contributed by atoms with Crippen LogP contribution in [0.2, 0.25) is 0 Å². The average molecular weight is 766 g/mol. The predicted octanol–water partition coefficient (Wildman–Crippen LogP) is 19.6. The lowest BCUT2D eigenvalue weighted by molar-refractivity contribution is 0.307. The highest BCUT2D eigenvalue weighted by molar-refractivity contribution is 7.36. The Morgan fingerprint density at radius 3 is 1.08 bits per heavy atom. The Labute approximate surface area is 343 Å².